The Morgan fingerprint density at radius 2 is 2.11 bits per heavy atom. The zero-order valence-corrected chi connectivity index (χ0v) is 18.3. The molecule has 1 aromatic rings. The standard InChI is InChI=1S/C17H25N5O5.HI/c1-3-27-17(23)21-8-6-13(7-9-21)20-16(18)19-11-12-10-14(22(24)25)4-5-15(12)26-2;/h4-5,10,13H,3,6-9,11H2,1-2H3,(H3,18,19,20);1H. The number of nitro benzene ring substituents is 1. The van der Waals surface area contributed by atoms with E-state index in [0.29, 0.717) is 31.0 Å². The third kappa shape index (κ3) is 6.69. The van der Waals surface area contributed by atoms with Crippen LogP contribution in [0.15, 0.2) is 23.2 Å². The molecule has 1 heterocycles. The molecule has 3 N–H and O–H groups in total. The molecule has 0 unspecified atom stereocenters. The van der Waals surface area contributed by atoms with Crippen molar-refractivity contribution in [3.63, 3.8) is 0 Å². The molecule has 10 nitrogen and oxygen atoms in total. The van der Waals surface area contributed by atoms with E-state index in [9.17, 15) is 14.9 Å². The summed E-state index contributed by atoms with van der Waals surface area (Å²) in [4.78, 5) is 28.1. The number of carbonyl (C=O) groups is 1. The fourth-order valence-electron chi connectivity index (χ4n) is 2.85. The van der Waals surface area contributed by atoms with Crippen LogP contribution in [0, 0.1) is 10.1 Å². The second-order valence-corrected chi connectivity index (χ2v) is 6.06. The lowest BCUT2D eigenvalue weighted by atomic mass is 10.1. The normalized spacial score (nSPS) is 14.8. The van der Waals surface area contributed by atoms with Crippen LogP contribution in [-0.2, 0) is 11.3 Å². The van der Waals surface area contributed by atoms with Gasteiger partial charge in [0.1, 0.15) is 5.75 Å². The average Bonchev–Trinajstić information content (AvgIpc) is 2.66. The van der Waals surface area contributed by atoms with E-state index in [-0.39, 0.29) is 54.3 Å². The van der Waals surface area contributed by atoms with E-state index in [4.69, 9.17) is 15.2 Å². The molecule has 0 aromatic heterocycles. The van der Waals surface area contributed by atoms with Crippen LogP contribution in [0.4, 0.5) is 10.5 Å². The fourth-order valence-corrected chi connectivity index (χ4v) is 2.85. The number of aliphatic imine (C=N–C) groups is 1. The molecular weight excluding hydrogens is 481 g/mol. The quantitative estimate of drug-likeness (QED) is 0.199. The van der Waals surface area contributed by atoms with Crippen LogP contribution in [0.1, 0.15) is 25.3 Å². The first-order valence-electron chi connectivity index (χ1n) is 8.74. The van der Waals surface area contributed by atoms with Gasteiger partial charge in [-0.1, -0.05) is 0 Å². The molecule has 0 atom stereocenters. The second kappa shape index (κ2) is 11.5. The fraction of sp³-hybridized carbons (Fsp3) is 0.529. The number of non-ortho nitro benzene ring substituents is 1. The molecule has 1 aromatic carbocycles. The number of hydrogen-bond donors (Lipinski definition) is 2. The Kier molecular flexibility index (Phi) is 9.76. The summed E-state index contributed by atoms with van der Waals surface area (Å²) in [5.74, 6) is 0.762. The van der Waals surface area contributed by atoms with Crippen molar-refractivity contribution in [2.45, 2.75) is 32.4 Å². The summed E-state index contributed by atoms with van der Waals surface area (Å²) >= 11 is 0. The Morgan fingerprint density at radius 3 is 2.68 bits per heavy atom. The van der Waals surface area contributed by atoms with Crippen molar-refractivity contribution in [1.82, 2.24) is 10.2 Å². The smallest absolute Gasteiger partial charge is 0.409 e. The van der Waals surface area contributed by atoms with Crippen LogP contribution in [0.25, 0.3) is 0 Å². The maximum absolute atomic E-state index is 11.7. The summed E-state index contributed by atoms with van der Waals surface area (Å²) in [7, 11) is 1.49. The molecule has 156 valence electrons. The first kappa shape index (κ1) is 23.7. The average molecular weight is 507 g/mol. The van der Waals surface area contributed by atoms with Crippen molar-refractivity contribution in [1.29, 1.82) is 0 Å². The Balaban J connectivity index is 0.00000392. The van der Waals surface area contributed by atoms with E-state index in [1.807, 2.05) is 0 Å². The minimum atomic E-state index is -0.467. The van der Waals surface area contributed by atoms with Crippen LogP contribution in [0.5, 0.6) is 5.75 Å². The first-order chi connectivity index (χ1) is 12.9. The van der Waals surface area contributed by atoms with Crippen LogP contribution in [0.2, 0.25) is 0 Å². The highest BCUT2D eigenvalue weighted by Gasteiger charge is 2.23. The topological polar surface area (TPSA) is 132 Å². The molecule has 1 aliphatic rings. The zero-order valence-electron chi connectivity index (χ0n) is 15.9. The Hall–Kier alpha value is -2.31. The number of nitrogens with two attached hydrogens (primary N) is 1. The number of nitrogens with zero attached hydrogens (tertiary/aromatic N) is 3. The molecular formula is C17H26IN5O5. The van der Waals surface area contributed by atoms with Crippen molar-refractivity contribution >= 4 is 41.7 Å². The van der Waals surface area contributed by atoms with Gasteiger partial charge in [0.25, 0.3) is 5.69 Å². The van der Waals surface area contributed by atoms with Crippen molar-refractivity contribution in [3.8, 4) is 5.75 Å². The molecule has 1 fully saturated rings. The molecule has 0 saturated carbocycles. The van der Waals surface area contributed by atoms with Crippen LogP contribution in [-0.4, -0.2) is 54.7 Å². The van der Waals surface area contributed by atoms with Crippen molar-refractivity contribution in [3.05, 3.63) is 33.9 Å². The number of carbonyl (C=O) groups excluding carboxylic acids is 1. The van der Waals surface area contributed by atoms with Gasteiger partial charge in [0.2, 0.25) is 0 Å². The number of ether oxygens (including phenoxy) is 2. The highest BCUT2D eigenvalue weighted by molar-refractivity contribution is 14.0. The number of hydrogen-bond acceptors (Lipinski definition) is 6. The number of guanidine groups is 1. The van der Waals surface area contributed by atoms with Gasteiger partial charge < -0.3 is 25.4 Å². The minimum Gasteiger partial charge on any atom is -0.496 e. The molecule has 28 heavy (non-hydrogen) atoms. The van der Waals surface area contributed by atoms with Gasteiger partial charge in [-0.3, -0.25) is 10.1 Å². The lowest BCUT2D eigenvalue weighted by Crippen LogP contribution is -2.48. The molecule has 1 aliphatic heterocycles. The molecule has 1 saturated heterocycles. The predicted molar refractivity (Wildman–Crippen MR) is 115 cm³/mol. The van der Waals surface area contributed by atoms with E-state index in [0.717, 1.165) is 12.8 Å². The van der Waals surface area contributed by atoms with Gasteiger partial charge in [-0.2, -0.15) is 0 Å². The summed E-state index contributed by atoms with van der Waals surface area (Å²) in [6.07, 6.45) is 1.17. The maximum atomic E-state index is 11.7. The predicted octanol–water partition coefficient (Wildman–Crippen LogP) is 2.25. The monoisotopic (exact) mass is 507 g/mol. The van der Waals surface area contributed by atoms with Crippen LogP contribution >= 0.6 is 24.0 Å². The van der Waals surface area contributed by atoms with E-state index in [1.165, 1.54) is 25.3 Å². The molecule has 0 radical (unpaired) electrons. The number of nitro groups is 1. The third-order valence-electron chi connectivity index (χ3n) is 4.27. The van der Waals surface area contributed by atoms with Crippen molar-refractivity contribution < 1.29 is 19.2 Å². The Labute approximate surface area is 180 Å². The third-order valence-corrected chi connectivity index (χ3v) is 4.27. The lowest BCUT2D eigenvalue weighted by molar-refractivity contribution is -0.384. The number of methoxy groups -OCH3 is 1. The SMILES string of the molecule is CCOC(=O)N1CCC(NC(N)=NCc2cc([N+](=O)[O-])ccc2OC)CC1.I. The zero-order chi connectivity index (χ0) is 19.8. The minimum absolute atomic E-state index is 0. The number of piperidine rings is 1. The molecule has 11 heteroatoms. The molecule has 2 rings (SSSR count). The van der Waals surface area contributed by atoms with Gasteiger partial charge in [0.15, 0.2) is 5.96 Å². The lowest BCUT2D eigenvalue weighted by Gasteiger charge is -2.31. The molecule has 0 aliphatic carbocycles. The van der Waals surface area contributed by atoms with Crippen LogP contribution < -0.4 is 15.8 Å². The first-order valence-corrected chi connectivity index (χ1v) is 8.74. The van der Waals surface area contributed by atoms with E-state index < -0.39 is 4.92 Å². The number of benzene rings is 1. The van der Waals surface area contributed by atoms with E-state index in [2.05, 4.69) is 10.3 Å². The van der Waals surface area contributed by atoms with Crippen LogP contribution in [0.3, 0.4) is 0 Å². The van der Waals surface area contributed by atoms with E-state index >= 15 is 0 Å². The number of amides is 1. The highest BCUT2D eigenvalue weighted by atomic mass is 127. The number of likely N-dealkylation sites (tertiary alicyclic amines) is 1. The Bertz CT molecular complexity index is 707. The van der Waals surface area contributed by atoms with E-state index in [1.54, 1.807) is 11.8 Å². The summed E-state index contributed by atoms with van der Waals surface area (Å²) < 4.78 is 10.2. The number of halogens is 1. The molecule has 1 amide bonds. The molecule has 0 spiro atoms. The second-order valence-electron chi connectivity index (χ2n) is 6.06. The van der Waals surface area contributed by atoms with Gasteiger partial charge in [-0.25, -0.2) is 9.79 Å². The summed E-state index contributed by atoms with van der Waals surface area (Å²) in [6, 6.07) is 4.45. The van der Waals surface area contributed by atoms with Gasteiger partial charge in [-0.05, 0) is 25.8 Å². The Morgan fingerprint density at radius 1 is 1.43 bits per heavy atom. The van der Waals surface area contributed by atoms with Crippen molar-refractivity contribution in [2.24, 2.45) is 10.7 Å². The van der Waals surface area contributed by atoms with Gasteiger partial charge in [0, 0.05) is 36.8 Å². The summed E-state index contributed by atoms with van der Waals surface area (Å²) in [5, 5.41) is 14.1. The van der Waals surface area contributed by atoms with Gasteiger partial charge in [0.05, 0.1) is 25.2 Å². The van der Waals surface area contributed by atoms with Gasteiger partial charge in [-0.15, -0.1) is 24.0 Å². The van der Waals surface area contributed by atoms with Crippen molar-refractivity contribution in [2.75, 3.05) is 26.8 Å². The number of nitrogens with one attached hydrogen (secondary N) is 1. The number of rotatable bonds is 6. The summed E-state index contributed by atoms with van der Waals surface area (Å²) in [6.45, 7) is 3.47. The largest absolute Gasteiger partial charge is 0.496 e. The van der Waals surface area contributed by atoms with Gasteiger partial charge >= 0.3 is 6.09 Å². The molecule has 0 bridgehead atoms. The maximum Gasteiger partial charge on any atom is 0.409 e. The highest BCUT2D eigenvalue weighted by Crippen LogP contribution is 2.24. The summed E-state index contributed by atoms with van der Waals surface area (Å²) in [5.41, 5.74) is 6.49.